The van der Waals surface area contributed by atoms with E-state index >= 15 is 0 Å². The lowest BCUT2D eigenvalue weighted by Crippen LogP contribution is -2.19. The molecule has 0 aromatic heterocycles. The SMILES string of the molecule is CCCCCCCCCC/C(C(=O)OCC(C)C)=C(\CCC)C(=O)OCC(C)C. The van der Waals surface area contributed by atoms with Gasteiger partial charge in [0, 0.05) is 11.1 Å². The molecule has 170 valence electrons. The van der Waals surface area contributed by atoms with Crippen molar-refractivity contribution in [1.29, 1.82) is 0 Å². The summed E-state index contributed by atoms with van der Waals surface area (Å²) in [5, 5.41) is 0. The highest BCUT2D eigenvalue weighted by Gasteiger charge is 2.23. The lowest BCUT2D eigenvalue weighted by Gasteiger charge is -2.16. The molecule has 0 bridgehead atoms. The predicted octanol–water partition coefficient (Wildman–Crippen LogP) is 7.01. The van der Waals surface area contributed by atoms with Gasteiger partial charge in [0.05, 0.1) is 13.2 Å². The highest BCUT2D eigenvalue weighted by molar-refractivity contribution is 6.00. The van der Waals surface area contributed by atoms with Crippen LogP contribution in [0.5, 0.6) is 0 Å². The molecule has 0 saturated carbocycles. The Bertz CT molecular complexity index is 477. The molecule has 29 heavy (non-hydrogen) atoms. The van der Waals surface area contributed by atoms with Gasteiger partial charge in [0.2, 0.25) is 0 Å². The van der Waals surface area contributed by atoms with E-state index in [0.29, 0.717) is 37.2 Å². The van der Waals surface area contributed by atoms with E-state index in [9.17, 15) is 9.59 Å². The number of hydrogen-bond acceptors (Lipinski definition) is 4. The van der Waals surface area contributed by atoms with Crippen molar-refractivity contribution in [2.75, 3.05) is 13.2 Å². The normalized spacial score (nSPS) is 12.3. The van der Waals surface area contributed by atoms with Gasteiger partial charge in [0.25, 0.3) is 0 Å². The van der Waals surface area contributed by atoms with Gasteiger partial charge >= 0.3 is 11.9 Å². The fraction of sp³-hybridized carbons (Fsp3) is 0.840. The lowest BCUT2D eigenvalue weighted by atomic mass is 9.97. The molecule has 0 fully saturated rings. The quantitative estimate of drug-likeness (QED) is 0.147. The van der Waals surface area contributed by atoms with Gasteiger partial charge in [-0.3, -0.25) is 0 Å². The molecule has 0 aliphatic rings. The third-order valence-electron chi connectivity index (χ3n) is 4.73. The zero-order valence-corrected chi connectivity index (χ0v) is 20.0. The molecule has 0 aromatic rings. The Morgan fingerprint density at radius 2 is 1.00 bits per heavy atom. The molecule has 0 aliphatic heterocycles. The standard InChI is InChI=1S/C25H46O4/c1-7-9-10-11-12-13-14-15-17-23(25(27)29-19-21(5)6)22(16-8-2)24(26)28-18-20(3)4/h20-21H,7-19H2,1-6H3/b23-22-. The molecule has 0 radical (unpaired) electrons. The van der Waals surface area contributed by atoms with Crippen molar-refractivity contribution >= 4 is 11.9 Å². The van der Waals surface area contributed by atoms with Crippen LogP contribution in [0.1, 0.15) is 112 Å². The van der Waals surface area contributed by atoms with Crippen molar-refractivity contribution in [3.8, 4) is 0 Å². The van der Waals surface area contributed by atoms with Crippen molar-refractivity contribution in [3.63, 3.8) is 0 Å². The van der Waals surface area contributed by atoms with E-state index in [2.05, 4.69) is 6.92 Å². The Balaban J connectivity index is 5.03. The van der Waals surface area contributed by atoms with Gasteiger partial charge in [0.15, 0.2) is 0 Å². The van der Waals surface area contributed by atoms with Gasteiger partial charge in [-0.1, -0.05) is 92.9 Å². The lowest BCUT2D eigenvalue weighted by molar-refractivity contribution is -0.143. The van der Waals surface area contributed by atoms with E-state index in [1.807, 2.05) is 34.6 Å². The van der Waals surface area contributed by atoms with Gasteiger partial charge in [0.1, 0.15) is 0 Å². The zero-order chi connectivity index (χ0) is 22.1. The maximum atomic E-state index is 12.8. The summed E-state index contributed by atoms with van der Waals surface area (Å²) in [6.45, 7) is 13.0. The third-order valence-corrected chi connectivity index (χ3v) is 4.73. The fourth-order valence-corrected chi connectivity index (χ4v) is 3.10. The number of unbranched alkanes of at least 4 members (excludes halogenated alkanes) is 7. The number of rotatable bonds is 17. The van der Waals surface area contributed by atoms with Crippen LogP contribution in [0.3, 0.4) is 0 Å². The zero-order valence-electron chi connectivity index (χ0n) is 20.0. The first-order valence-corrected chi connectivity index (χ1v) is 11.9. The molecule has 0 spiro atoms. The molecule has 0 saturated heterocycles. The van der Waals surface area contributed by atoms with Crippen LogP contribution in [0.15, 0.2) is 11.1 Å². The molecular formula is C25H46O4. The highest BCUT2D eigenvalue weighted by Crippen LogP contribution is 2.22. The maximum absolute atomic E-state index is 12.8. The van der Waals surface area contributed by atoms with Crippen molar-refractivity contribution in [2.45, 2.75) is 112 Å². The second-order valence-electron chi connectivity index (χ2n) is 8.92. The Kier molecular flexibility index (Phi) is 16.7. The Labute approximate surface area is 179 Å². The van der Waals surface area contributed by atoms with Crippen LogP contribution >= 0.6 is 0 Å². The summed E-state index contributed by atoms with van der Waals surface area (Å²) in [4.78, 5) is 25.4. The molecule has 0 amide bonds. The van der Waals surface area contributed by atoms with E-state index in [1.54, 1.807) is 0 Å². The number of carbonyl (C=O) groups excluding carboxylic acids is 2. The minimum Gasteiger partial charge on any atom is -0.462 e. The molecule has 4 nitrogen and oxygen atoms in total. The Hall–Kier alpha value is -1.32. The minimum atomic E-state index is -0.350. The second kappa shape index (κ2) is 17.5. The monoisotopic (exact) mass is 410 g/mol. The Morgan fingerprint density at radius 1 is 0.586 bits per heavy atom. The smallest absolute Gasteiger partial charge is 0.334 e. The van der Waals surface area contributed by atoms with E-state index < -0.39 is 0 Å². The van der Waals surface area contributed by atoms with Crippen molar-refractivity contribution in [2.24, 2.45) is 11.8 Å². The summed E-state index contributed by atoms with van der Waals surface area (Å²) in [6.07, 6.45) is 11.5. The minimum absolute atomic E-state index is 0.269. The first-order valence-electron chi connectivity index (χ1n) is 11.9. The van der Waals surface area contributed by atoms with Gasteiger partial charge in [-0.05, 0) is 31.1 Å². The Morgan fingerprint density at radius 3 is 1.41 bits per heavy atom. The van der Waals surface area contributed by atoms with Gasteiger partial charge in [-0.25, -0.2) is 9.59 Å². The number of ether oxygens (including phenoxy) is 2. The van der Waals surface area contributed by atoms with Crippen LogP contribution in [-0.4, -0.2) is 25.2 Å². The van der Waals surface area contributed by atoms with E-state index in [1.165, 1.54) is 38.5 Å². The van der Waals surface area contributed by atoms with Crippen LogP contribution < -0.4 is 0 Å². The van der Waals surface area contributed by atoms with Gasteiger partial charge in [-0.2, -0.15) is 0 Å². The molecule has 0 unspecified atom stereocenters. The number of esters is 2. The van der Waals surface area contributed by atoms with Crippen LogP contribution in [0, 0.1) is 11.8 Å². The van der Waals surface area contributed by atoms with Crippen LogP contribution in [0.4, 0.5) is 0 Å². The summed E-state index contributed by atoms with van der Waals surface area (Å²) in [5.41, 5.74) is 1.05. The average Bonchev–Trinajstić information content (AvgIpc) is 2.67. The molecule has 0 aromatic carbocycles. The molecule has 0 aliphatic carbocycles. The van der Waals surface area contributed by atoms with Crippen LogP contribution in [0.2, 0.25) is 0 Å². The topological polar surface area (TPSA) is 52.6 Å². The third kappa shape index (κ3) is 14.3. The molecule has 0 N–H and O–H groups in total. The summed E-state index contributed by atoms with van der Waals surface area (Å²) in [7, 11) is 0. The number of hydrogen-bond donors (Lipinski definition) is 0. The van der Waals surface area contributed by atoms with E-state index in [4.69, 9.17) is 9.47 Å². The summed E-state index contributed by atoms with van der Waals surface area (Å²) in [6, 6.07) is 0. The second-order valence-corrected chi connectivity index (χ2v) is 8.92. The van der Waals surface area contributed by atoms with Crippen molar-refractivity contribution in [1.82, 2.24) is 0 Å². The first-order chi connectivity index (χ1) is 13.8. The molecule has 0 atom stereocenters. The van der Waals surface area contributed by atoms with Crippen molar-refractivity contribution < 1.29 is 19.1 Å². The van der Waals surface area contributed by atoms with Crippen molar-refractivity contribution in [3.05, 3.63) is 11.1 Å². The summed E-state index contributed by atoms with van der Waals surface area (Å²) < 4.78 is 10.9. The van der Waals surface area contributed by atoms with E-state index in [0.717, 1.165) is 19.3 Å². The summed E-state index contributed by atoms with van der Waals surface area (Å²) >= 11 is 0. The predicted molar refractivity (Wildman–Crippen MR) is 121 cm³/mol. The average molecular weight is 411 g/mol. The first kappa shape index (κ1) is 27.7. The van der Waals surface area contributed by atoms with Gasteiger partial charge in [-0.15, -0.1) is 0 Å². The highest BCUT2D eigenvalue weighted by atomic mass is 16.5. The molecular weight excluding hydrogens is 364 g/mol. The molecule has 0 rings (SSSR count). The van der Waals surface area contributed by atoms with Gasteiger partial charge < -0.3 is 9.47 Å². The van der Waals surface area contributed by atoms with Crippen LogP contribution in [0.25, 0.3) is 0 Å². The maximum Gasteiger partial charge on any atom is 0.334 e. The largest absolute Gasteiger partial charge is 0.462 e. The molecule has 0 heterocycles. The summed E-state index contributed by atoms with van der Waals surface area (Å²) in [5.74, 6) is -0.153. The van der Waals surface area contributed by atoms with Crippen LogP contribution in [-0.2, 0) is 19.1 Å². The molecule has 4 heteroatoms. The number of carbonyl (C=O) groups is 2. The van der Waals surface area contributed by atoms with E-state index in [-0.39, 0.29) is 23.8 Å². The fourth-order valence-electron chi connectivity index (χ4n) is 3.10.